The summed E-state index contributed by atoms with van der Waals surface area (Å²) in [6.45, 7) is 1.16. The molecule has 0 bridgehead atoms. The number of hydrogen-bond acceptors (Lipinski definition) is 1. The second kappa shape index (κ2) is 3.49. The summed E-state index contributed by atoms with van der Waals surface area (Å²) in [7, 11) is 0. The van der Waals surface area contributed by atoms with Crippen LogP contribution < -0.4 is 5.32 Å². The molecule has 0 radical (unpaired) electrons. The molecule has 0 amide bonds. The first-order valence-corrected chi connectivity index (χ1v) is 6.44. The summed E-state index contributed by atoms with van der Waals surface area (Å²) in [5.74, 6) is 0.923. The van der Waals surface area contributed by atoms with Gasteiger partial charge in [-0.3, -0.25) is 0 Å². The van der Waals surface area contributed by atoms with Crippen molar-refractivity contribution in [2.75, 3.05) is 6.54 Å². The van der Waals surface area contributed by atoms with Gasteiger partial charge in [0.05, 0.1) is 0 Å². The van der Waals surface area contributed by atoms with Crippen LogP contribution in [-0.4, -0.2) is 6.54 Å². The Kier molecular flexibility index (Phi) is 2.28. The zero-order valence-corrected chi connectivity index (χ0v) is 10.3. The smallest absolute Gasteiger partial charge is 0.0351 e. The van der Waals surface area contributed by atoms with Crippen molar-refractivity contribution in [3.63, 3.8) is 0 Å². The van der Waals surface area contributed by atoms with Crippen molar-refractivity contribution in [2.45, 2.75) is 25.3 Å². The van der Waals surface area contributed by atoms with Crippen LogP contribution >= 0.6 is 22.6 Å². The van der Waals surface area contributed by atoms with E-state index in [1.54, 1.807) is 11.1 Å². The average molecular weight is 299 g/mol. The number of rotatable bonds is 1. The van der Waals surface area contributed by atoms with Crippen LogP contribution in [0.5, 0.6) is 0 Å². The first kappa shape index (κ1) is 9.16. The molecule has 1 saturated carbocycles. The van der Waals surface area contributed by atoms with Crippen LogP contribution in [0.2, 0.25) is 0 Å². The molecule has 1 fully saturated rings. The lowest BCUT2D eigenvalue weighted by atomic mass is 9.92. The summed E-state index contributed by atoms with van der Waals surface area (Å²) in [6, 6.07) is 7.57. The van der Waals surface area contributed by atoms with Crippen LogP contribution in [0.4, 0.5) is 0 Å². The van der Waals surface area contributed by atoms with E-state index in [-0.39, 0.29) is 0 Å². The molecular formula is C12H14IN. The molecule has 1 aromatic carbocycles. The molecule has 0 aromatic heterocycles. The Morgan fingerprint density at radius 3 is 2.93 bits per heavy atom. The molecule has 0 spiro atoms. The van der Waals surface area contributed by atoms with E-state index in [9.17, 15) is 0 Å². The summed E-state index contributed by atoms with van der Waals surface area (Å²) in [5.41, 5.74) is 3.15. The summed E-state index contributed by atoms with van der Waals surface area (Å²) in [5, 5.41) is 3.66. The number of halogens is 1. The average Bonchev–Trinajstić information content (AvgIpc) is 3.00. The molecule has 2 aliphatic rings. The fourth-order valence-corrected chi connectivity index (χ4v) is 2.92. The molecule has 2 heteroatoms. The predicted molar refractivity (Wildman–Crippen MR) is 66.3 cm³/mol. The maximum Gasteiger partial charge on any atom is 0.0351 e. The Bertz CT molecular complexity index is 357. The van der Waals surface area contributed by atoms with Gasteiger partial charge in [0.15, 0.2) is 0 Å². The minimum absolute atomic E-state index is 0.661. The van der Waals surface area contributed by atoms with E-state index in [0.717, 1.165) is 12.5 Å². The molecule has 1 aliphatic carbocycles. The van der Waals surface area contributed by atoms with Crippen LogP contribution in [0.1, 0.15) is 30.0 Å². The lowest BCUT2D eigenvalue weighted by molar-refractivity contribution is 0.458. The van der Waals surface area contributed by atoms with E-state index in [1.165, 1.54) is 22.8 Å². The van der Waals surface area contributed by atoms with Gasteiger partial charge in [-0.1, -0.05) is 6.07 Å². The van der Waals surface area contributed by atoms with Crippen molar-refractivity contribution in [1.29, 1.82) is 0 Å². The normalized spacial score (nSPS) is 25.9. The van der Waals surface area contributed by atoms with Crippen LogP contribution in [0, 0.1) is 9.49 Å². The van der Waals surface area contributed by atoms with E-state index >= 15 is 0 Å². The molecule has 1 unspecified atom stereocenters. The maximum absolute atomic E-state index is 3.66. The fraction of sp³-hybridized carbons (Fsp3) is 0.500. The van der Waals surface area contributed by atoms with Gasteiger partial charge in [0.2, 0.25) is 0 Å². The van der Waals surface area contributed by atoms with E-state index in [4.69, 9.17) is 0 Å². The van der Waals surface area contributed by atoms with Gasteiger partial charge in [-0.25, -0.2) is 0 Å². The number of hydrogen-bond donors (Lipinski definition) is 1. The Balaban J connectivity index is 2.02. The van der Waals surface area contributed by atoms with Gasteiger partial charge in [-0.2, -0.15) is 0 Å². The fourth-order valence-electron chi connectivity index (χ4n) is 2.41. The predicted octanol–water partition coefficient (Wildman–Crippen LogP) is 2.89. The second-order valence-electron chi connectivity index (χ2n) is 4.36. The minimum atomic E-state index is 0.661. The third-order valence-electron chi connectivity index (χ3n) is 3.29. The molecular weight excluding hydrogens is 285 g/mol. The Hall–Kier alpha value is -0.0900. The third-order valence-corrected chi connectivity index (χ3v) is 3.97. The lowest BCUT2D eigenvalue weighted by Gasteiger charge is -2.27. The van der Waals surface area contributed by atoms with Crippen molar-refractivity contribution < 1.29 is 0 Å². The highest BCUT2D eigenvalue weighted by Crippen LogP contribution is 2.43. The minimum Gasteiger partial charge on any atom is -0.309 e. The van der Waals surface area contributed by atoms with E-state index in [0.29, 0.717) is 6.04 Å². The van der Waals surface area contributed by atoms with Crippen LogP contribution in [0.25, 0.3) is 0 Å². The molecule has 0 saturated heterocycles. The summed E-state index contributed by atoms with van der Waals surface area (Å²) < 4.78 is 1.37. The standard InChI is InChI=1S/C12H14IN/c13-10-4-3-8-5-6-14-12(9-1-2-9)11(8)7-10/h3-4,7,9,12,14H,1-2,5-6H2. The highest BCUT2D eigenvalue weighted by molar-refractivity contribution is 14.1. The Morgan fingerprint density at radius 2 is 2.14 bits per heavy atom. The van der Waals surface area contributed by atoms with Crippen LogP contribution in [0.3, 0.4) is 0 Å². The Labute approximate surface area is 98.4 Å². The molecule has 1 heterocycles. The third kappa shape index (κ3) is 1.58. The molecule has 1 aliphatic heterocycles. The monoisotopic (exact) mass is 299 g/mol. The van der Waals surface area contributed by atoms with Crippen LogP contribution in [-0.2, 0) is 6.42 Å². The van der Waals surface area contributed by atoms with Crippen LogP contribution in [0.15, 0.2) is 18.2 Å². The van der Waals surface area contributed by atoms with Gasteiger partial charge >= 0.3 is 0 Å². The SMILES string of the molecule is Ic1ccc2c(c1)C(C1CC1)NCC2. The van der Waals surface area contributed by atoms with Crippen molar-refractivity contribution in [3.8, 4) is 0 Å². The van der Waals surface area contributed by atoms with E-state index < -0.39 is 0 Å². The molecule has 14 heavy (non-hydrogen) atoms. The van der Waals surface area contributed by atoms with Gasteiger partial charge in [0.1, 0.15) is 0 Å². The van der Waals surface area contributed by atoms with E-state index in [2.05, 4.69) is 46.1 Å². The van der Waals surface area contributed by atoms with E-state index in [1.807, 2.05) is 0 Å². The van der Waals surface area contributed by atoms with Gasteiger partial charge < -0.3 is 5.32 Å². The molecule has 1 atom stereocenters. The van der Waals surface area contributed by atoms with Gasteiger partial charge in [-0.15, -0.1) is 0 Å². The number of fused-ring (bicyclic) bond motifs is 1. The summed E-state index contributed by atoms with van der Waals surface area (Å²) >= 11 is 2.41. The van der Waals surface area contributed by atoms with Crippen molar-refractivity contribution in [2.24, 2.45) is 5.92 Å². The first-order chi connectivity index (χ1) is 6.84. The Morgan fingerprint density at radius 1 is 1.29 bits per heavy atom. The zero-order valence-electron chi connectivity index (χ0n) is 8.09. The molecule has 1 aromatic rings. The van der Waals surface area contributed by atoms with Gasteiger partial charge in [0, 0.05) is 9.61 Å². The summed E-state index contributed by atoms with van der Waals surface area (Å²) in [4.78, 5) is 0. The highest BCUT2D eigenvalue weighted by atomic mass is 127. The highest BCUT2D eigenvalue weighted by Gasteiger charge is 2.34. The topological polar surface area (TPSA) is 12.0 Å². The van der Waals surface area contributed by atoms with Crippen molar-refractivity contribution >= 4 is 22.6 Å². The second-order valence-corrected chi connectivity index (χ2v) is 5.61. The largest absolute Gasteiger partial charge is 0.309 e. The van der Waals surface area contributed by atoms with Crippen molar-refractivity contribution in [1.82, 2.24) is 5.32 Å². The molecule has 3 rings (SSSR count). The number of nitrogens with one attached hydrogen (secondary N) is 1. The molecule has 74 valence electrons. The quantitative estimate of drug-likeness (QED) is 0.786. The van der Waals surface area contributed by atoms with Gasteiger partial charge in [-0.05, 0) is 77.6 Å². The zero-order chi connectivity index (χ0) is 9.54. The molecule has 1 nitrogen and oxygen atoms in total. The van der Waals surface area contributed by atoms with Crippen molar-refractivity contribution in [3.05, 3.63) is 32.9 Å². The summed E-state index contributed by atoms with van der Waals surface area (Å²) in [6.07, 6.45) is 4.04. The maximum atomic E-state index is 3.66. The lowest BCUT2D eigenvalue weighted by Crippen LogP contribution is -2.31. The van der Waals surface area contributed by atoms with Gasteiger partial charge in [0.25, 0.3) is 0 Å². The number of benzene rings is 1. The molecule has 1 N–H and O–H groups in total. The first-order valence-electron chi connectivity index (χ1n) is 5.36.